The topological polar surface area (TPSA) is 46.9 Å². The first-order valence-corrected chi connectivity index (χ1v) is 6.98. The van der Waals surface area contributed by atoms with Crippen molar-refractivity contribution in [3.05, 3.63) is 45.4 Å². The summed E-state index contributed by atoms with van der Waals surface area (Å²) in [5.74, 6) is -0.156. The van der Waals surface area contributed by atoms with Gasteiger partial charge < -0.3 is 9.88 Å². The van der Waals surface area contributed by atoms with E-state index in [1.807, 2.05) is 17.7 Å². The van der Waals surface area contributed by atoms with Crippen LogP contribution in [0.2, 0.25) is 0 Å². The molecule has 2 aromatic heterocycles. The Balaban J connectivity index is 2.25. The van der Waals surface area contributed by atoms with Gasteiger partial charge in [-0.25, -0.2) is 4.98 Å². The second kappa shape index (κ2) is 5.67. The van der Waals surface area contributed by atoms with E-state index in [9.17, 15) is 4.79 Å². The Labute approximate surface area is 122 Å². The van der Waals surface area contributed by atoms with Gasteiger partial charge in [0.25, 0.3) is 5.91 Å². The van der Waals surface area contributed by atoms with Gasteiger partial charge in [-0.2, -0.15) is 0 Å². The quantitative estimate of drug-likeness (QED) is 0.835. The molecule has 0 spiro atoms. The molecule has 4 nitrogen and oxygen atoms in total. The fourth-order valence-electron chi connectivity index (χ4n) is 1.59. The number of hydrogen-bond donors (Lipinski definition) is 1. The van der Waals surface area contributed by atoms with E-state index in [0.717, 1.165) is 11.0 Å². The fourth-order valence-corrected chi connectivity index (χ4v) is 2.41. The Hall–Kier alpha value is -1.14. The molecule has 18 heavy (non-hydrogen) atoms. The molecule has 2 heterocycles. The van der Waals surface area contributed by atoms with Crippen molar-refractivity contribution < 1.29 is 4.79 Å². The first-order chi connectivity index (χ1) is 8.61. The van der Waals surface area contributed by atoms with Gasteiger partial charge in [0, 0.05) is 23.4 Å². The molecule has 0 atom stereocenters. The number of amides is 1. The largest absolute Gasteiger partial charge is 0.343 e. The molecule has 0 saturated carbocycles. The van der Waals surface area contributed by atoms with Crippen LogP contribution in [-0.2, 0) is 6.54 Å². The predicted octanol–water partition coefficient (Wildman–Crippen LogP) is 3.68. The summed E-state index contributed by atoms with van der Waals surface area (Å²) < 4.78 is 3.38. The third-order valence-corrected chi connectivity index (χ3v) is 3.51. The Morgan fingerprint density at radius 2 is 2.28 bits per heavy atom. The number of halogens is 2. The summed E-state index contributed by atoms with van der Waals surface area (Å²) in [6, 6.07) is 5.36. The Morgan fingerprint density at radius 3 is 2.94 bits per heavy atom. The average Bonchev–Trinajstić information content (AvgIpc) is 2.73. The molecule has 6 heteroatoms. The van der Waals surface area contributed by atoms with Crippen LogP contribution in [0.15, 0.2) is 39.7 Å². The highest BCUT2D eigenvalue weighted by Gasteiger charge is 2.13. The van der Waals surface area contributed by atoms with Crippen molar-refractivity contribution in [3.8, 4) is 0 Å². The predicted molar refractivity (Wildman–Crippen MR) is 77.7 cm³/mol. The molecule has 0 saturated heterocycles. The van der Waals surface area contributed by atoms with E-state index in [1.54, 1.807) is 24.4 Å². The van der Waals surface area contributed by atoms with E-state index in [4.69, 9.17) is 0 Å². The van der Waals surface area contributed by atoms with E-state index >= 15 is 0 Å². The van der Waals surface area contributed by atoms with Gasteiger partial charge in [-0.1, -0.05) is 0 Å². The lowest BCUT2D eigenvalue weighted by molar-refractivity contribution is 0.101. The first-order valence-electron chi connectivity index (χ1n) is 5.39. The molecule has 0 aliphatic rings. The summed E-state index contributed by atoms with van der Waals surface area (Å²) in [7, 11) is 0. The molecule has 1 amide bonds. The summed E-state index contributed by atoms with van der Waals surface area (Å²) in [5.41, 5.74) is 1.27. The lowest BCUT2D eigenvalue weighted by Crippen LogP contribution is -2.16. The third kappa shape index (κ3) is 2.81. The third-order valence-electron chi connectivity index (χ3n) is 2.44. The van der Waals surface area contributed by atoms with Gasteiger partial charge in [0.2, 0.25) is 0 Å². The van der Waals surface area contributed by atoms with Gasteiger partial charge >= 0.3 is 0 Å². The lowest BCUT2D eigenvalue weighted by Gasteiger charge is -2.08. The number of nitrogens with one attached hydrogen (secondary N) is 1. The maximum Gasteiger partial charge on any atom is 0.272 e. The van der Waals surface area contributed by atoms with Crippen molar-refractivity contribution in [3.63, 3.8) is 0 Å². The molecular weight excluding hydrogens is 362 g/mol. The van der Waals surface area contributed by atoms with Crippen molar-refractivity contribution >= 4 is 43.5 Å². The number of rotatable bonds is 3. The van der Waals surface area contributed by atoms with Crippen LogP contribution in [0.25, 0.3) is 0 Å². The Kier molecular flexibility index (Phi) is 4.19. The van der Waals surface area contributed by atoms with E-state index in [1.165, 1.54) is 0 Å². The highest BCUT2D eigenvalue weighted by molar-refractivity contribution is 9.10. The number of aromatic nitrogens is 2. The van der Waals surface area contributed by atoms with E-state index in [2.05, 4.69) is 42.2 Å². The Morgan fingerprint density at radius 1 is 1.50 bits per heavy atom. The molecule has 0 radical (unpaired) electrons. The van der Waals surface area contributed by atoms with Crippen LogP contribution in [0.1, 0.15) is 17.4 Å². The molecule has 0 aromatic carbocycles. The molecule has 0 aliphatic heterocycles. The van der Waals surface area contributed by atoms with Gasteiger partial charge in [0.15, 0.2) is 0 Å². The van der Waals surface area contributed by atoms with Crippen molar-refractivity contribution in [2.45, 2.75) is 13.5 Å². The second-order valence-electron chi connectivity index (χ2n) is 3.63. The van der Waals surface area contributed by atoms with Crippen molar-refractivity contribution in [2.75, 3.05) is 5.32 Å². The van der Waals surface area contributed by atoms with Crippen LogP contribution in [0.3, 0.4) is 0 Å². The molecular formula is C12H11Br2N3O. The minimum absolute atomic E-state index is 0.156. The number of hydrogen-bond acceptors (Lipinski definition) is 2. The standard InChI is InChI=1S/C12H11Br2N3O/c1-2-17-7-8(13)6-10(17)12(18)16-9-4-3-5-15-11(9)14/h3-7H,2H2,1H3,(H,16,18). The summed E-state index contributed by atoms with van der Waals surface area (Å²) in [4.78, 5) is 16.2. The molecule has 0 fully saturated rings. The van der Waals surface area contributed by atoms with Gasteiger partial charge in [-0.05, 0) is 57.0 Å². The zero-order valence-corrected chi connectivity index (χ0v) is 12.8. The van der Waals surface area contributed by atoms with Gasteiger partial charge in [0.05, 0.1) is 5.69 Å². The van der Waals surface area contributed by atoms with Crippen LogP contribution in [-0.4, -0.2) is 15.5 Å². The second-order valence-corrected chi connectivity index (χ2v) is 5.29. The number of nitrogens with zero attached hydrogens (tertiary/aromatic N) is 2. The summed E-state index contributed by atoms with van der Waals surface area (Å²) >= 11 is 6.67. The van der Waals surface area contributed by atoms with Crippen molar-refractivity contribution in [1.82, 2.24) is 9.55 Å². The SMILES string of the molecule is CCn1cc(Br)cc1C(=O)Nc1cccnc1Br. The van der Waals surface area contributed by atoms with Gasteiger partial charge in [0.1, 0.15) is 10.3 Å². The molecule has 2 aromatic rings. The van der Waals surface area contributed by atoms with E-state index < -0.39 is 0 Å². The summed E-state index contributed by atoms with van der Waals surface area (Å²) in [6.45, 7) is 2.73. The zero-order valence-electron chi connectivity index (χ0n) is 9.65. The van der Waals surface area contributed by atoms with Gasteiger partial charge in [-0.3, -0.25) is 4.79 Å². The molecule has 0 aliphatic carbocycles. The number of carbonyl (C=O) groups is 1. The number of aryl methyl sites for hydroxylation is 1. The van der Waals surface area contributed by atoms with Crippen LogP contribution in [0.4, 0.5) is 5.69 Å². The maximum atomic E-state index is 12.2. The monoisotopic (exact) mass is 371 g/mol. The van der Waals surface area contributed by atoms with Gasteiger partial charge in [-0.15, -0.1) is 0 Å². The summed E-state index contributed by atoms with van der Waals surface area (Å²) in [5, 5.41) is 2.82. The molecule has 94 valence electrons. The number of carbonyl (C=O) groups excluding carboxylic acids is 1. The molecule has 1 N–H and O–H groups in total. The summed E-state index contributed by atoms with van der Waals surface area (Å²) in [6.07, 6.45) is 3.54. The highest BCUT2D eigenvalue weighted by Crippen LogP contribution is 2.21. The minimum Gasteiger partial charge on any atom is -0.343 e. The fraction of sp³-hybridized carbons (Fsp3) is 0.167. The maximum absolute atomic E-state index is 12.2. The lowest BCUT2D eigenvalue weighted by atomic mass is 10.3. The van der Waals surface area contributed by atoms with Crippen LogP contribution in [0.5, 0.6) is 0 Å². The van der Waals surface area contributed by atoms with Crippen LogP contribution >= 0.6 is 31.9 Å². The van der Waals surface area contributed by atoms with Crippen molar-refractivity contribution in [2.24, 2.45) is 0 Å². The minimum atomic E-state index is -0.156. The number of anilines is 1. The highest BCUT2D eigenvalue weighted by atomic mass is 79.9. The number of pyridine rings is 1. The normalized spacial score (nSPS) is 10.4. The van der Waals surface area contributed by atoms with E-state index in [0.29, 0.717) is 16.0 Å². The average molecular weight is 373 g/mol. The smallest absolute Gasteiger partial charge is 0.272 e. The Bertz CT molecular complexity index is 580. The van der Waals surface area contributed by atoms with Crippen LogP contribution < -0.4 is 5.32 Å². The molecule has 2 rings (SSSR count). The molecule has 0 unspecified atom stereocenters. The zero-order chi connectivity index (χ0) is 13.1. The van der Waals surface area contributed by atoms with Crippen LogP contribution in [0, 0.1) is 0 Å². The van der Waals surface area contributed by atoms with E-state index in [-0.39, 0.29) is 5.91 Å². The van der Waals surface area contributed by atoms with Crippen molar-refractivity contribution in [1.29, 1.82) is 0 Å². The molecule has 0 bridgehead atoms. The first kappa shape index (κ1) is 13.3.